The van der Waals surface area contributed by atoms with Crippen molar-refractivity contribution in [2.75, 3.05) is 13.6 Å². The molecule has 0 saturated carbocycles. The zero-order valence-electron chi connectivity index (χ0n) is 13.3. The molecule has 4 heteroatoms. The fourth-order valence-corrected chi connectivity index (χ4v) is 3.60. The summed E-state index contributed by atoms with van der Waals surface area (Å²) in [7, 11) is 2.12. The van der Waals surface area contributed by atoms with E-state index in [0.717, 1.165) is 13.0 Å². The first-order valence-corrected chi connectivity index (χ1v) is 8.37. The molecule has 116 valence electrons. The molecule has 2 bridgehead atoms. The predicted molar refractivity (Wildman–Crippen MR) is 82.7 cm³/mol. The Hall–Kier alpha value is -0.610. The highest BCUT2D eigenvalue weighted by Gasteiger charge is 2.37. The van der Waals surface area contributed by atoms with Gasteiger partial charge in [-0.15, -0.1) is 0 Å². The van der Waals surface area contributed by atoms with E-state index in [0.29, 0.717) is 18.1 Å². The number of hydrogen-bond acceptors (Lipinski definition) is 3. The molecule has 4 nitrogen and oxygen atoms in total. The van der Waals surface area contributed by atoms with E-state index in [1.807, 2.05) is 6.92 Å². The molecule has 0 aliphatic carbocycles. The fraction of sp³-hybridized carbons (Fsp3) is 0.938. The largest absolute Gasteiger partial charge is 0.355 e. The molecule has 2 aliphatic heterocycles. The molecular weight excluding hydrogens is 250 g/mol. The monoisotopic (exact) mass is 281 g/mol. The van der Waals surface area contributed by atoms with Gasteiger partial charge in [0.25, 0.3) is 0 Å². The van der Waals surface area contributed by atoms with Crippen LogP contribution in [0.3, 0.4) is 0 Å². The van der Waals surface area contributed by atoms with Gasteiger partial charge in [0.05, 0.1) is 6.04 Å². The minimum atomic E-state index is -0.0147. The van der Waals surface area contributed by atoms with Crippen LogP contribution in [-0.2, 0) is 4.79 Å². The molecule has 1 amide bonds. The van der Waals surface area contributed by atoms with Crippen LogP contribution in [0.25, 0.3) is 0 Å². The van der Waals surface area contributed by atoms with Gasteiger partial charge >= 0.3 is 0 Å². The summed E-state index contributed by atoms with van der Waals surface area (Å²) in [6.45, 7) is 5.05. The van der Waals surface area contributed by atoms with Gasteiger partial charge in [0.2, 0.25) is 5.91 Å². The number of fused-ring (bicyclic) bond motifs is 2. The molecule has 0 aromatic rings. The van der Waals surface area contributed by atoms with Gasteiger partial charge in [0, 0.05) is 24.7 Å². The number of carbonyl (C=O) groups excluding carboxylic acids is 1. The summed E-state index contributed by atoms with van der Waals surface area (Å²) in [5, 5.41) is 6.74. The maximum atomic E-state index is 12.2. The highest BCUT2D eigenvalue weighted by molar-refractivity contribution is 5.81. The highest BCUT2D eigenvalue weighted by atomic mass is 16.2. The van der Waals surface area contributed by atoms with E-state index >= 15 is 0 Å². The van der Waals surface area contributed by atoms with E-state index in [4.69, 9.17) is 0 Å². The van der Waals surface area contributed by atoms with Gasteiger partial charge in [0.15, 0.2) is 0 Å². The number of nitrogens with zero attached hydrogens (tertiary/aromatic N) is 1. The molecule has 2 fully saturated rings. The van der Waals surface area contributed by atoms with Crippen molar-refractivity contribution in [3.8, 4) is 0 Å². The zero-order chi connectivity index (χ0) is 14.5. The van der Waals surface area contributed by atoms with Crippen LogP contribution >= 0.6 is 0 Å². The lowest BCUT2D eigenvalue weighted by Gasteiger charge is -2.38. The summed E-state index contributed by atoms with van der Waals surface area (Å²) in [6.07, 6.45) is 8.50. The summed E-state index contributed by atoms with van der Waals surface area (Å²) in [5.74, 6) is 0.189. The van der Waals surface area contributed by atoms with E-state index in [-0.39, 0.29) is 11.9 Å². The van der Waals surface area contributed by atoms with Gasteiger partial charge in [-0.25, -0.2) is 0 Å². The van der Waals surface area contributed by atoms with Crippen LogP contribution in [0.4, 0.5) is 0 Å². The Kier molecular flexibility index (Phi) is 5.85. The van der Waals surface area contributed by atoms with Crippen LogP contribution < -0.4 is 10.6 Å². The van der Waals surface area contributed by atoms with Crippen LogP contribution in [0.2, 0.25) is 0 Å². The van der Waals surface area contributed by atoms with Crippen LogP contribution in [0.5, 0.6) is 0 Å². The summed E-state index contributed by atoms with van der Waals surface area (Å²) < 4.78 is 0. The Bertz CT molecular complexity index is 309. The Labute approximate surface area is 123 Å². The van der Waals surface area contributed by atoms with Gasteiger partial charge in [-0.1, -0.05) is 19.8 Å². The molecule has 0 aromatic carbocycles. The normalized spacial score (nSPS) is 30.5. The predicted octanol–water partition coefficient (Wildman–Crippen LogP) is 1.90. The number of hydrogen-bond donors (Lipinski definition) is 2. The first-order valence-electron chi connectivity index (χ1n) is 8.37. The first kappa shape index (κ1) is 15.8. The number of piperidine rings is 1. The fourth-order valence-electron chi connectivity index (χ4n) is 3.60. The number of nitrogens with one attached hydrogen (secondary N) is 2. The second-order valence-corrected chi connectivity index (χ2v) is 6.60. The van der Waals surface area contributed by atoms with E-state index in [2.05, 4.69) is 29.5 Å². The molecular formula is C16H31N3O. The summed E-state index contributed by atoms with van der Waals surface area (Å²) >= 11 is 0. The van der Waals surface area contributed by atoms with Crippen molar-refractivity contribution in [2.45, 2.75) is 83.0 Å². The maximum absolute atomic E-state index is 12.2. The summed E-state index contributed by atoms with van der Waals surface area (Å²) in [6, 6.07) is 1.91. The van der Waals surface area contributed by atoms with Crippen molar-refractivity contribution in [3.05, 3.63) is 0 Å². The lowest BCUT2D eigenvalue weighted by molar-refractivity contribution is -0.126. The van der Waals surface area contributed by atoms with Crippen molar-refractivity contribution >= 4 is 5.91 Å². The average molecular weight is 281 g/mol. The third-order valence-corrected chi connectivity index (χ3v) is 5.09. The van der Waals surface area contributed by atoms with E-state index in [1.54, 1.807) is 0 Å². The minimum absolute atomic E-state index is 0.0147. The third-order valence-electron chi connectivity index (χ3n) is 5.09. The average Bonchev–Trinajstić information content (AvgIpc) is 2.80. The van der Waals surface area contributed by atoms with Crippen molar-refractivity contribution in [2.24, 2.45) is 0 Å². The van der Waals surface area contributed by atoms with Crippen LogP contribution in [0.1, 0.15) is 58.8 Å². The summed E-state index contributed by atoms with van der Waals surface area (Å²) in [4.78, 5) is 14.5. The standard InChI is InChI=1S/C16H31N3O/c1-4-5-6-9-17-16(20)12(2)19(3)15-10-13-7-8-14(11-15)18-13/h12-15,18H,4-11H2,1-3H3,(H,17,20). The van der Waals surface area contributed by atoms with Crippen LogP contribution in [0, 0.1) is 0 Å². The molecule has 3 atom stereocenters. The van der Waals surface area contributed by atoms with Crippen molar-refractivity contribution in [1.29, 1.82) is 0 Å². The quantitative estimate of drug-likeness (QED) is 0.701. The summed E-state index contributed by atoms with van der Waals surface area (Å²) in [5.41, 5.74) is 0. The smallest absolute Gasteiger partial charge is 0.237 e. The molecule has 0 spiro atoms. The molecule has 2 saturated heterocycles. The molecule has 20 heavy (non-hydrogen) atoms. The minimum Gasteiger partial charge on any atom is -0.355 e. The van der Waals surface area contributed by atoms with Gasteiger partial charge in [-0.3, -0.25) is 9.69 Å². The van der Waals surface area contributed by atoms with Crippen LogP contribution in [0.15, 0.2) is 0 Å². The molecule has 2 heterocycles. The Morgan fingerprint density at radius 2 is 1.95 bits per heavy atom. The molecule has 2 rings (SSSR count). The second kappa shape index (κ2) is 7.41. The lowest BCUT2D eigenvalue weighted by Crippen LogP contribution is -2.53. The zero-order valence-corrected chi connectivity index (χ0v) is 13.3. The third kappa shape index (κ3) is 3.95. The lowest BCUT2D eigenvalue weighted by atomic mass is 9.97. The Morgan fingerprint density at radius 1 is 1.30 bits per heavy atom. The number of unbranched alkanes of at least 4 members (excludes halogenated alkanes) is 2. The number of rotatable bonds is 7. The maximum Gasteiger partial charge on any atom is 0.237 e. The molecule has 0 radical (unpaired) electrons. The van der Waals surface area contributed by atoms with Crippen LogP contribution in [-0.4, -0.2) is 48.6 Å². The van der Waals surface area contributed by atoms with Gasteiger partial charge in [0.1, 0.15) is 0 Å². The Morgan fingerprint density at radius 3 is 2.55 bits per heavy atom. The molecule has 0 aromatic heterocycles. The van der Waals surface area contributed by atoms with Crippen molar-refractivity contribution in [3.63, 3.8) is 0 Å². The first-order chi connectivity index (χ1) is 9.61. The van der Waals surface area contributed by atoms with E-state index in [1.165, 1.54) is 38.5 Å². The molecule has 2 aliphatic rings. The van der Waals surface area contributed by atoms with Crippen molar-refractivity contribution < 1.29 is 4.79 Å². The highest BCUT2D eigenvalue weighted by Crippen LogP contribution is 2.29. The van der Waals surface area contributed by atoms with E-state index in [9.17, 15) is 4.79 Å². The Balaban J connectivity index is 1.76. The number of likely N-dealkylation sites (N-methyl/N-ethyl adjacent to an activating group) is 1. The van der Waals surface area contributed by atoms with Gasteiger partial charge in [-0.05, 0) is 46.1 Å². The second-order valence-electron chi connectivity index (χ2n) is 6.60. The van der Waals surface area contributed by atoms with Gasteiger partial charge < -0.3 is 10.6 Å². The molecule has 2 N–H and O–H groups in total. The number of amides is 1. The number of carbonyl (C=O) groups is 1. The molecule has 3 unspecified atom stereocenters. The SMILES string of the molecule is CCCCCNC(=O)C(C)N(C)C1CC2CCC(C1)N2. The topological polar surface area (TPSA) is 44.4 Å². The van der Waals surface area contributed by atoms with E-state index < -0.39 is 0 Å². The van der Waals surface area contributed by atoms with Gasteiger partial charge in [-0.2, -0.15) is 0 Å². The van der Waals surface area contributed by atoms with Crippen molar-refractivity contribution in [1.82, 2.24) is 15.5 Å².